The lowest BCUT2D eigenvalue weighted by molar-refractivity contribution is -0.102. The molecule has 3 rings (SSSR count). The summed E-state index contributed by atoms with van der Waals surface area (Å²) in [6, 6.07) is 3.35. The fraction of sp³-hybridized carbons (Fsp3) is 0.625. The first-order valence-electron chi connectivity index (χ1n) is 8.27. The molecule has 1 aromatic rings. The van der Waals surface area contributed by atoms with Crippen LogP contribution in [0.3, 0.4) is 0 Å². The summed E-state index contributed by atoms with van der Waals surface area (Å²) in [4.78, 5) is 15.9. The predicted molar refractivity (Wildman–Crippen MR) is 89.0 cm³/mol. The van der Waals surface area contributed by atoms with E-state index < -0.39 is 10.0 Å². The molecule has 132 valence electrons. The number of nitrogens with one attached hydrogen (secondary N) is 1. The van der Waals surface area contributed by atoms with E-state index in [2.05, 4.69) is 10.3 Å². The molecule has 24 heavy (non-hydrogen) atoms. The highest BCUT2D eigenvalue weighted by atomic mass is 32.2. The molecule has 2 fully saturated rings. The topological polar surface area (TPSA) is 88.6 Å². The molecule has 3 heterocycles. The van der Waals surface area contributed by atoms with Gasteiger partial charge < -0.3 is 10.1 Å². The highest BCUT2D eigenvalue weighted by Gasteiger charge is 2.55. The van der Waals surface area contributed by atoms with Gasteiger partial charge in [-0.3, -0.25) is 9.78 Å². The number of rotatable bonds is 6. The lowest BCUT2D eigenvalue weighted by atomic mass is 9.80. The van der Waals surface area contributed by atoms with Crippen LogP contribution in [-0.4, -0.2) is 61.2 Å². The molecule has 8 heteroatoms. The Bertz CT molecular complexity index is 687. The maximum absolute atomic E-state index is 12.0. The third kappa shape index (κ3) is 3.31. The molecule has 2 aliphatic heterocycles. The van der Waals surface area contributed by atoms with Crippen molar-refractivity contribution in [3.63, 3.8) is 0 Å². The van der Waals surface area contributed by atoms with Crippen LogP contribution in [0.2, 0.25) is 0 Å². The minimum Gasteiger partial charge on any atom is -0.372 e. The van der Waals surface area contributed by atoms with Gasteiger partial charge >= 0.3 is 0 Å². The van der Waals surface area contributed by atoms with Crippen molar-refractivity contribution in [2.45, 2.75) is 25.4 Å². The molecule has 1 N–H and O–H groups in total. The summed E-state index contributed by atoms with van der Waals surface area (Å²) in [5.74, 6) is 0.281. The Hall–Kier alpha value is -1.51. The zero-order chi connectivity index (χ0) is 17.2. The molecule has 2 aliphatic rings. The van der Waals surface area contributed by atoms with Crippen LogP contribution >= 0.6 is 0 Å². The number of hydrogen-bond acceptors (Lipinski definition) is 5. The summed E-state index contributed by atoms with van der Waals surface area (Å²) in [7, 11) is -3.14. The smallest absolute Gasteiger partial charge is 0.251 e. The lowest BCUT2D eigenvalue weighted by Gasteiger charge is -2.49. The van der Waals surface area contributed by atoms with Crippen LogP contribution in [0, 0.1) is 5.92 Å². The Balaban J connectivity index is 1.50. The van der Waals surface area contributed by atoms with Crippen molar-refractivity contribution >= 4 is 15.9 Å². The second-order valence-corrected chi connectivity index (χ2v) is 8.61. The first-order chi connectivity index (χ1) is 11.5. The van der Waals surface area contributed by atoms with Gasteiger partial charge in [0.15, 0.2) is 0 Å². The zero-order valence-electron chi connectivity index (χ0n) is 13.8. The van der Waals surface area contributed by atoms with E-state index in [0.29, 0.717) is 31.8 Å². The monoisotopic (exact) mass is 353 g/mol. The average molecular weight is 353 g/mol. The Morgan fingerprint density at radius 3 is 2.79 bits per heavy atom. The maximum Gasteiger partial charge on any atom is 0.251 e. The SMILES string of the molecule is CCS(=O)(=O)N1CC2(C1)OCC[C@@H]2CCNC(=O)c1ccncc1. The van der Waals surface area contributed by atoms with Gasteiger partial charge in [0.25, 0.3) is 5.91 Å². The molecule has 0 unspecified atom stereocenters. The number of carbonyl (C=O) groups excluding carboxylic acids is 1. The molecule has 1 amide bonds. The van der Waals surface area contributed by atoms with Crippen molar-refractivity contribution in [3.8, 4) is 0 Å². The number of pyridine rings is 1. The van der Waals surface area contributed by atoms with Gasteiger partial charge in [-0.1, -0.05) is 0 Å². The van der Waals surface area contributed by atoms with Gasteiger partial charge in [-0.05, 0) is 37.8 Å². The standard InChI is InChI=1S/C16H23N3O4S/c1-2-24(21,22)19-11-16(12-19)14(6-10-23-16)5-9-18-15(20)13-3-7-17-8-4-13/h3-4,7-8,14H,2,5-6,9-12H2,1H3,(H,18,20)/t14-/m0/s1. The van der Waals surface area contributed by atoms with Crippen LogP contribution in [-0.2, 0) is 14.8 Å². The molecule has 0 radical (unpaired) electrons. The highest BCUT2D eigenvalue weighted by molar-refractivity contribution is 7.89. The number of amides is 1. The largest absolute Gasteiger partial charge is 0.372 e. The lowest BCUT2D eigenvalue weighted by Crippen LogP contribution is -2.66. The molecule has 0 saturated carbocycles. The Kier molecular flexibility index (Phi) is 4.89. The number of ether oxygens (including phenoxy) is 1. The van der Waals surface area contributed by atoms with Crippen molar-refractivity contribution in [3.05, 3.63) is 30.1 Å². The molecule has 0 aromatic carbocycles. The summed E-state index contributed by atoms with van der Waals surface area (Å²) in [5.41, 5.74) is 0.232. The number of nitrogens with zero attached hydrogens (tertiary/aromatic N) is 2. The summed E-state index contributed by atoms with van der Waals surface area (Å²) < 4.78 is 31.2. The minimum absolute atomic E-state index is 0.117. The van der Waals surface area contributed by atoms with E-state index in [-0.39, 0.29) is 23.2 Å². The van der Waals surface area contributed by atoms with E-state index in [4.69, 9.17) is 4.74 Å². The molecule has 1 spiro atoms. The van der Waals surface area contributed by atoms with Gasteiger partial charge in [0.2, 0.25) is 10.0 Å². The number of aromatic nitrogens is 1. The first kappa shape index (κ1) is 17.3. The van der Waals surface area contributed by atoms with Gasteiger partial charge in [0.1, 0.15) is 0 Å². The molecule has 1 atom stereocenters. The van der Waals surface area contributed by atoms with Crippen LogP contribution in [0.5, 0.6) is 0 Å². The van der Waals surface area contributed by atoms with Crippen molar-refractivity contribution in [2.75, 3.05) is 32.0 Å². The van der Waals surface area contributed by atoms with Crippen molar-refractivity contribution < 1.29 is 17.9 Å². The van der Waals surface area contributed by atoms with Gasteiger partial charge in [-0.15, -0.1) is 0 Å². The number of carbonyl (C=O) groups is 1. The predicted octanol–water partition coefficient (Wildman–Crippen LogP) is 0.642. The van der Waals surface area contributed by atoms with E-state index in [1.807, 2.05) is 0 Å². The average Bonchev–Trinajstić information content (AvgIpc) is 2.98. The molecule has 2 saturated heterocycles. The van der Waals surface area contributed by atoms with Crippen LogP contribution in [0.4, 0.5) is 0 Å². The second kappa shape index (κ2) is 6.78. The van der Waals surface area contributed by atoms with Gasteiger partial charge in [-0.2, -0.15) is 4.31 Å². The number of hydrogen-bond donors (Lipinski definition) is 1. The Morgan fingerprint density at radius 2 is 2.12 bits per heavy atom. The van der Waals surface area contributed by atoms with Crippen molar-refractivity contribution in [1.29, 1.82) is 0 Å². The molecular formula is C16H23N3O4S. The van der Waals surface area contributed by atoms with E-state index in [9.17, 15) is 13.2 Å². The fourth-order valence-corrected chi connectivity index (χ4v) is 4.63. The van der Waals surface area contributed by atoms with E-state index in [0.717, 1.165) is 12.8 Å². The van der Waals surface area contributed by atoms with Crippen LogP contribution in [0.15, 0.2) is 24.5 Å². The first-order valence-corrected chi connectivity index (χ1v) is 9.88. The van der Waals surface area contributed by atoms with Crippen molar-refractivity contribution in [1.82, 2.24) is 14.6 Å². The molecule has 0 aliphatic carbocycles. The number of sulfonamides is 1. The highest BCUT2D eigenvalue weighted by Crippen LogP contribution is 2.42. The van der Waals surface area contributed by atoms with E-state index in [1.165, 1.54) is 4.31 Å². The Morgan fingerprint density at radius 1 is 1.42 bits per heavy atom. The van der Waals surface area contributed by atoms with Crippen LogP contribution < -0.4 is 5.32 Å². The summed E-state index contributed by atoms with van der Waals surface area (Å²) in [6.07, 6.45) is 4.87. The van der Waals surface area contributed by atoms with Crippen molar-refractivity contribution in [2.24, 2.45) is 5.92 Å². The van der Waals surface area contributed by atoms with Gasteiger partial charge in [0.05, 0.1) is 11.4 Å². The third-order valence-corrected chi connectivity index (χ3v) is 6.74. The summed E-state index contributed by atoms with van der Waals surface area (Å²) in [5, 5.41) is 2.91. The fourth-order valence-electron chi connectivity index (χ4n) is 3.44. The van der Waals surface area contributed by atoms with Crippen LogP contribution in [0.1, 0.15) is 30.1 Å². The second-order valence-electron chi connectivity index (χ2n) is 6.35. The third-order valence-electron chi connectivity index (χ3n) is 4.97. The van der Waals surface area contributed by atoms with E-state index >= 15 is 0 Å². The molecular weight excluding hydrogens is 330 g/mol. The minimum atomic E-state index is -3.14. The van der Waals surface area contributed by atoms with Gasteiger partial charge in [-0.25, -0.2) is 8.42 Å². The normalized spacial score (nSPS) is 23.1. The summed E-state index contributed by atoms with van der Waals surface area (Å²) in [6.45, 7) is 3.74. The summed E-state index contributed by atoms with van der Waals surface area (Å²) >= 11 is 0. The maximum atomic E-state index is 12.0. The Labute approximate surface area is 142 Å². The van der Waals surface area contributed by atoms with Crippen LogP contribution in [0.25, 0.3) is 0 Å². The molecule has 7 nitrogen and oxygen atoms in total. The van der Waals surface area contributed by atoms with E-state index in [1.54, 1.807) is 31.5 Å². The zero-order valence-corrected chi connectivity index (χ0v) is 14.6. The molecule has 1 aromatic heterocycles. The quantitative estimate of drug-likeness (QED) is 0.811. The molecule has 0 bridgehead atoms. The van der Waals surface area contributed by atoms with Gasteiger partial charge in [0, 0.05) is 44.2 Å².